The lowest BCUT2D eigenvalue weighted by atomic mass is 10.1. The standard InChI is InChI=1S/C23H34N4O3/c1-19-15-20(17-22(16-19)28-2)18-26-23(25-8-6-21-5-3-12-30-21)24-7-4-9-27-10-13-29-14-11-27/h3,5,12,15-17H,4,6-11,13-14,18H2,1-2H3,(H2,24,25,26). The van der Waals surface area contributed by atoms with Crippen molar-refractivity contribution >= 4 is 5.96 Å². The number of nitrogens with zero attached hydrogens (tertiary/aromatic N) is 2. The highest BCUT2D eigenvalue weighted by molar-refractivity contribution is 5.79. The molecule has 0 radical (unpaired) electrons. The highest BCUT2D eigenvalue weighted by Crippen LogP contribution is 2.17. The Morgan fingerprint density at radius 3 is 2.77 bits per heavy atom. The predicted octanol–water partition coefficient (Wildman–Crippen LogP) is 2.60. The Labute approximate surface area is 179 Å². The van der Waals surface area contributed by atoms with Crippen molar-refractivity contribution in [2.24, 2.45) is 4.99 Å². The lowest BCUT2D eigenvalue weighted by molar-refractivity contribution is 0.0376. The lowest BCUT2D eigenvalue weighted by Crippen LogP contribution is -2.41. The van der Waals surface area contributed by atoms with Crippen LogP contribution in [0.1, 0.15) is 23.3 Å². The van der Waals surface area contributed by atoms with Crippen molar-refractivity contribution < 1.29 is 13.9 Å². The van der Waals surface area contributed by atoms with Crippen LogP contribution in [-0.4, -0.2) is 63.9 Å². The summed E-state index contributed by atoms with van der Waals surface area (Å²) in [4.78, 5) is 7.24. The van der Waals surface area contributed by atoms with Gasteiger partial charge in [-0.3, -0.25) is 4.90 Å². The van der Waals surface area contributed by atoms with Crippen LogP contribution in [0.15, 0.2) is 46.0 Å². The quantitative estimate of drug-likeness (QED) is 0.354. The third-order valence-electron chi connectivity index (χ3n) is 5.06. The van der Waals surface area contributed by atoms with E-state index in [0.29, 0.717) is 6.54 Å². The van der Waals surface area contributed by atoms with Gasteiger partial charge in [-0.25, -0.2) is 4.99 Å². The summed E-state index contributed by atoms with van der Waals surface area (Å²) in [5.41, 5.74) is 2.30. The molecule has 2 aromatic rings. The van der Waals surface area contributed by atoms with Gasteiger partial charge < -0.3 is 24.5 Å². The Morgan fingerprint density at radius 2 is 2.00 bits per heavy atom. The predicted molar refractivity (Wildman–Crippen MR) is 119 cm³/mol. The number of aliphatic imine (C=N–C) groups is 1. The number of methoxy groups -OCH3 is 1. The molecule has 1 aliphatic rings. The van der Waals surface area contributed by atoms with E-state index in [1.54, 1.807) is 13.4 Å². The first-order valence-corrected chi connectivity index (χ1v) is 10.7. The van der Waals surface area contributed by atoms with E-state index in [2.05, 4.69) is 28.5 Å². The van der Waals surface area contributed by atoms with Gasteiger partial charge in [0, 0.05) is 32.6 Å². The minimum Gasteiger partial charge on any atom is -0.497 e. The first-order valence-electron chi connectivity index (χ1n) is 10.7. The van der Waals surface area contributed by atoms with Gasteiger partial charge in [-0.05, 0) is 55.3 Å². The summed E-state index contributed by atoms with van der Waals surface area (Å²) in [5.74, 6) is 2.66. The number of hydrogen-bond donors (Lipinski definition) is 2. The number of furan rings is 1. The maximum Gasteiger partial charge on any atom is 0.191 e. The minimum atomic E-state index is 0.595. The Kier molecular flexibility index (Phi) is 9.05. The largest absolute Gasteiger partial charge is 0.497 e. The van der Waals surface area contributed by atoms with E-state index in [9.17, 15) is 0 Å². The van der Waals surface area contributed by atoms with Crippen LogP contribution in [0.5, 0.6) is 5.75 Å². The van der Waals surface area contributed by atoms with E-state index in [0.717, 1.165) is 81.8 Å². The van der Waals surface area contributed by atoms with Crippen LogP contribution in [0.4, 0.5) is 0 Å². The molecule has 1 aliphatic heterocycles. The monoisotopic (exact) mass is 414 g/mol. The van der Waals surface area contributed by atoms with E-state index in [1.165, 1.54) is 5.56 Å². The fourth-order valence-electron chi connectivity index (χ4n) is 3.47. The molecule has 1 fully saturated rings. The fourth-order valence-corrected chi connectivity index (χ4v) is 3.47. The number of hydrogen-bond acceptors (Lipinski definition) is 5. The molecule has 2 N–H and O–H groups in total. The zero-order valence-corrected chi connectivity index (χ0v) is 18.2. The number of morpholine rings is 1. The molecule has 0 bridgehead atoms. The molecule has 7 nitrogen and oxygen atoms in total. The van der Waals surface area contributed by atoms with E-state index in [1.807, 2.05) is 24.3 Å². The van der Waals surface area contributed by atoms with Crippen LogP contribution in [0.3, 0.4) is 0 Å². The van der Waals surface area contributed by atoms with Gasteiger partial charge in [0.05, 0.1) is 33.1 Å². The number of benzene rings is 1. The van der Waals surface area contributed by atoms with E-state index >= 15 is 0 Å². The molecule has 0 atom stereocenters. The van der Waals surface area contributed by atoms with Gasteiger partial charge in [-0.15, -0.1) is 0 Å². The van der Waals surface area contributed by atoms with Crippen LogP contribution >= 0.6 is 0 Å². The molecule has 3 rings (SSSR count). The van der Waals surface area contributed by atoms with E-state index < -0.39 is 0 Å². The average molecular weight is 415 g/mol. The third-order valence-corrected chi connectivity index (χ3v) is 5.06. The molecule has 1 aromatic heterocycles. The highest BCUT2D eigenvalue weighted by Gasteiger charge is 2.09. The van der Waals surface area contributed by atoms with Gasteiger partial charge in [-0.1, -0.05) is 6.07 Å². The number of nitrogens with one attached hydrogen (secondary N) is 2. The highest BCUT2D eigenvalue weighted by atomic mass is 16.5. The molecular weight excluding hydrogens is 380 g/mol. The molecule has 1 aromatic carbocycles. The number of rotatable bonds is 10. The number of ether oxygens (including phenoxy) is 2. The Balaban J connectivity index is 1.51. The molecule has 0 aliphatic carbocycles. The number of guanidine groups is 1. The van der Waals surface area contributed by atoms with E-state index in [4.69, 9.17) is 18.9 Å². The molecule has 0 saturated carbocycles. The van der Waals surface area contributed by atoms with Crippen LogP contribution in [-0.2, 0) is 17.7 Å². The van der Waals surface area contributed by atoms with Gasteiger partial charge in [0.1, 0.15) is 11.5 Å². The average Bonchev–Trinajstić information content (AvgIpc) is 3.28. The molecule has 2 heterocycles. The van der Waals surface area contributed by atoms with E-state index in [-0.39, 0.29) is 0 Å². The summed E-state index contributed by atoms with van der Waals surface area (Å²) in [6.07, 6.45) is 3.59. The topological polar surface area (TPSA) is 71.3 Å². The molecule has 30 heavy (non-hydrogen) atoms. The zero-order valence-electron chi connectivity index (χ0n) is 18.2. The maximum absolute atomic E-state index is 5.42. The second-order valence-electron chi connectivity index (χ2n) is 7.51. The molecule has 0 spiro atoms. The molecule has 1 saturated heterocycles. The van der Waals surface area contributed by atoms with Crippen molar-refractivity contribution in [2.75, 3.05) is 53.0 Å². The van der Waals surface area contributed by atoms with Crippen molar-refractivity contribution in [1.29, 1.82) is 0 Å². The van der Waals surface area contributed by atoms with Gasteiger partial charge in [-0.2, -0.15) is 0 Å². The molecule has 0 amide bonds. The smallest absolute Gasteiger partial charge is 0.191 e. The lowest BCUT2D eigenvalue weighted by Gasteiger charge is -2.26. The summed E-state index contributed by atoms with van der Waals surface area (Å²) in [5, 5.41) is 6.90. The Morgan fingerprint density at radius 1 is 1.17 bits per heavy atom. The number of aryl methyl sites for hydroxylation is 1. The van der Waals surface area contributed by atoms with Crippen LogP contribution in [0.2, 0.25) is 0 Å². The van der Waals surface area contributed by atoms with Crippen LogP contribution < -0.4 is 15.4 Å². The van der Waals surface area contributed by atoms with Gasteiger partial charge in [0.15, 0.2) is 5.96 Å². The Bertz CT molecular complexity index is 771. The second-order valence-corrected chi connectivity index (χ2v) is 7.51. The van der Waals surface area contributed by atoms with Crippen molar-refractivity contribution in [3.8, 4) is 5.75 Å². The van der Waals surface area contributed by atoms with Crippen molar-refractivity contribution in [1.82, 2.24) is 15.5 Å². The summed E-state index contributed by atoms with van der Waals surface area (Å²) < 4.78 is 16.2. The van der Waals surface area contributed by atoms with Crippen LogP contribution in [0, 0.1) is 6.92 Å². The summed E-state index contributed by atoms with van der Waals surface area (Å²) in [6.45, 7) is 9.11. The molecule has 164 valence electrons. The van der Waals surface area contributed by atoms with Crippen LogP contribution in [0.25, 0.3) is 0 Å². The van der Waals surface area contributed by atoms with Crippen molar-refractivity contribution in [3.05, 3.63) is 53.5 Å². The second kappa shape index (κ2) is 12.2. The fraction of sp³-hybridized carbons (Fsp3) is 0.522. The normalized spacial score (nSPS) is 15.2. The molecule has 7 heteroatoms. The Hall–Kier alpha value is -2.51. The van der Waals surface area contributed by atoms with Crippen molar-refractivity contribution in [2.45, 2.75) is 26.3 Å². The maximum atomic E-state index is 5.42. The third kappa shape index (κ3) is 7.72. The first-order chi connectivity index (χ1) is 14.7. The van der Waals surface area contributed by atoms with Gasteiger partial charge in [0.2, 0.25) is 0 Å². The SMILES string of the molecule is COc1cc(C)cc(CN=C(NCCCN2CCOCC2)NCCc2ccco2)c1. The first kappa shape index (κ1) is 22.2. The zero-order chi connectivity index (χ0) is 21.0. The summed E-state index contributed by atoms with van der Waals surface area (Å²) in [6, 6.07) is 10.1. The van der Waals surface area contributed by atoms with Crippen molar-refractivity contribution in [3.63, 3.8) is 0 Å². The summed E-state index contributed by atoms with van der Waals surface area (Å²) >= 11 is 0. The molecular formula is C23H34N4O3. The van der Waals surface area contributed by atoms with Gasteiger partial charge in [0.25, 0.3) is 0 Å². The molecule has 0 unspecified atom stereocenters. The minimum absolute atomic E-state index is 0.595. The van der Waals surface area contributed by atoms with Gasteiger partial charge >= 0.3 is 0 Å². The summed E-state index contributed by atoms with van der Waals surface area (Å²) in [7, 11) is 1.69.